The Labute approximate surface area is 319 Å². The van der Waals surface area contributed by atoms with Gasteiger partial charge in [-0.3, -0.25) is 0 Å². The van der Waals surface area contributed by atoms with Crippen LogP contribution in [0.15, 0.2) is 206 Å². The van der Waals surface area contributed by atoms with Gasteiger partial charge in [0.2, 0.25) is 0 Å². The molecule has 0 atom stereocenters. The molecule has 0 nitrogen and oxygen atoms in total. The van der Waals surface area contributed by atoms with Gasteiger partial charge in [0.05, 0.1) is 5.41 Å². The maximum absolute atomic E-state index is 2.46. The maximum atomic E-state index is 2.46. The van der Waals surface area contributed by atoms with Crippen LogP contribution in [0.25, 0.3) is 87.2 Å². The van der Waals surface area contributed by atoms with Gasteiger partial charge in [-0.2, -0.15) is 0 Å². The van der Waals surface area contributed by atoms with Crippen LogP contribution in [0.4, 0.5) is 0 Å². The molecular formula is C55H34. The Morgan fingerprint density at radius 3 is 1.56 bits per heavy atom. The van der Waals surface area contributed by atoms with Crippen molar-refractivity contribution in [3.05, 3.63) is 229 Å². The SMILES string of the molecule is c1ccc(C2(c3ccccc3)c3ccccc3-c3c(-c4ccc5ccc6c(-c7ccc8ccccc8c7)ccc7ccc4c5c76)cc4ccccc4c32)cc1. The highest BCUT2D eigenvalue weighted by Gasteiger charge is 2.48. The van der Waals surface area contributed by atoms with E-state index in [4.69, 9.17) is 0 Å². The highest BCUT2D eigenvalue weighted by atomic mass is 14.5. The summed E-state index contributed by atoms with van der Waals surface area (Å²) in [4.78, 5) is 0. The van der Waals surface area contributed by atoms with Crippen molar-refractivity contribution in [1.82, 2.24) is 0 Å². The minimum atomic E-state index is -0.497. The summed E-state index contributed by atoms with van der Waals surface area (Å²) in [7, 11) is 0. The third kappa shape index (κ3) is 4.17. The summed E-state index contributed by atoms with van der Waals surface area (Å²) in [6.07, 6.45) is 0. The number of hydrogen-bond donors (Lipinski definition) is 0. The average molecular weight is 695 g/mol. The van der Waals surface area contributed by atoms with E-state index >= 15 is 0 Å². The van der Waals surface area contributed by atoms with E-state index in [0.717, 1.165) is 0 Å². The Morgan fingerprint density at radius 2 is 0.836 bits per heavy atom. The van der Waals surface area contributed by atoms with Crippen molar-refractivity contribution in [3.8, 4) is 33.4 Å². The van der Waals surface area contributed by atoms with Crippen LogP contribution in [0.1, 0.15) is 22.3 Å². The first kappa shape index (κ1) is 30.4. The van der Waals surface area contributed by atoms with Crippen LogP contribution in [-0.2, 0) is 5.41 Å². The van der Waals surface area contributed by atoms with Crippen LogP contribution in [0.2, 0.25) is 0 Å². The van der Waals surface area contributed by atoms with Gasteiger partial charge >= 0.3 is 0 Å². The molecule has 0 spiro atoms. The molecule has 0 fully saturated rings. The van der Waals surface area contributed by atoms with Crippen molar-refractivity contribution < 1.29 is 0 Å². The molecule has 1 aliphatic carbocycles. The summed E-state index contributed by atoms with van der Waals surface area (Å²) < 4.78 is 0. The summed E-state index contributed by atoms with van der Waals surface area (Å²) in [6, 6.07) is 77.2. The molecule has 0 heterocycles. The van der Waals surface area contributed by atoms with Crippen LogP contribution >= 0.6 is 0 Å². The molecule has 11 aromatic rings. The molecule has 0 aliphatic heterocycles. The van der Waals surface area contributed by atoms with E-state index in [-0.39, 0.29) is 0 Å². The molecular weight excluding hydrogens is 661 g/mol. The quantitative estimate of drug-likeness (QED) is 0.161. The fourth-order valence-electron chi connectivity index (χ4n) is 10.2. The zero-order chi connectivity index (χ0) is 36.1. The predicted octanol–water partition coefficient (Wildman–Crippen LogP) is 14.6. The Hall–Kier alpha value is -7.02. The maximum Gasteiger partial charge on any atom is 0.0719 e. The fraction of sp³-hybridized carbons (Fsp3) is 0.0182. The van der Waals surface area contributed by atoms with Crippen LogP contribution < -0.4 is 0 Å². The van der Waals surface area contributed by atoms with Crippen molar-refractivity contribution in [1.29, 1.82) is 0 Å². The Balaban J connectivity index is 1.20. The lowest BCUT2D eigenvalue weighted by molar-refractivity contribution is 0.775. The molecule has 254 valence electrons. The number of hydrogen-bond acceptors (Lipinski definition) is 0. The molecule has 0 amide bonds. The Kier molecular flexibility index (Phi) is 6.36. The molecule has 0 unspecified atom stereocenters. The van der Waals surface area contributed by atoms with E-state index in [1.54, 1.807) is 0 Å². The lowest BCUT2D eigenvalue weighted by Gasteiger charge is -2.35. The Bertz CT molecular complexity index is 3260. The van der Waals surface area contributed by atoms with Crippen molar-refractivity contribution >= 4 is 53.9 Å². The number of rotatable bonds is 4. The van der Waals surface area contributed by atoms with Crippen LogP contribution in [0.5, 0.6) is 0 Å². The van der Waals surface area contributed by atoms with E-state index in [2.05, 4.69) is 206 Å². The standard InChI is InChI=1S/C55H34/c1-3-16-41(17-4-1)55(42-18-5-2-6-19-42)50-22-12-11-21-48(50)53-49(34-39-15-9-10-20-44(39)54(53)55)45-30-26-37-27-31-46-43(29-25-36-28-32-47(45)52(37)51(36)46)40-24-23-35-13-7-8-14-38(35)33-40/h1-34H. The van der Waals surface area contributed by atoms with Crippen molar-refractivity contribution in [2.75, 3.05) is 0 Å². The second-order valence-electron chi connectivity index (χ2n) is 15.1. The smallest absolute Gasteiger partial charge is 0.0622 e. The van der Waals surface area contributed by atoms with Gasteiger partial charge < -0.3 is 0 Å². The molecule has 1 aliphatic rings. The van der Waals surface area contributed by atoms with E-state index in [0.29, 0.717) is 0 Å². The third-order valence-electron chi connectivity index (χ3n) is 12.5. The zero-order valence-electron chi connectivity index (χ0n) is 30.1. The van der Waals surface area contributed by atoms with Crippen LogP contribution in [-0.4, -0.2) is 0 Å². The van der Waals surface area contributed by atoms with E-state index in [1.165, 1.54) is 109 Å². The Morgan fingerprint density at radius 1 is 0.291 bits per heavy atom. The molecule has 12 rings (SSSR count). The highest BCUT2D eigenvalue weighted by Crippen LogP contribution is 2.61. The summed E-state index contributed by atoms with van der Waals surface area (Å²) in [6.45, 7) is 0. The molecule has 0 aromatic heterocycles. The molecule has 0 N–H and O–H groups in total. The summed E-state index contributed by atoms with van der Waals surface area (Å²) in [5.41, 5.74) is 12.5. The van der Waals surface area contributed by atoms with Crippen molar-refractivity contribution in [3.63, 3.8) is 0 Å². The fourth-order valence-corrected chi connectivity index (χ4v) is 10.2. The normalized spacial score (nSPS) is 13.2. The van der Waals surface area contributed by atoms with E-state index in [1.807, 2.05) is 0 Å². The minimum Gasteiger partial charge on any atom is -0.0622 e. The molecule has 0 bridgehead atoms. The topological polar surface area (TPSA) is 0 Å². The molecule has 11 aromatic carbocycles. The van der Waals surface area contributed by atoms with Gasteiger partial charge in [0.25, 0.3) is 0 Å². The summed E-state index contributed by atoms with van der Waals surface area (Å²) in [5.74, 6) is 0. The van der Waals surface area contributed by atoms with Crippen LogP contribution in [0.3, 0.4) is 0 Å². The molecule has 0 saturated heterocycles. The molecule has 0 heteroatoms. The van der Waals surface area contributed by atoms with Gasteiger partial charge in [-0.15, -0.1) is 0 Å². The van der Waals surface area contributed by atoms with Gasteiger partial charge in [0.1, 0.15) is 0 Å². The van der Waals surface area contributed by atoms with Gasteiger partial charge in [-0.25, -0.2) is 0 Å². The lowest BCUT2D eigenvalue weighted by atomic mass is 9.66. The largest absolute Gasteiger partial charge is 0.0719 e. The van der Waals surface area contributed by atoms with Gasteiger partial charge in [0.15, 0.2) is 0 Å². The van der Waals surface area contributed by atoms with Gasteiger partial charge in [-0.05, 0) is 122 Å². The predicted molar refractivity (Wildman–Crippen MR) is 233 cm³/mol. The molecule has 55 heavy (non-hydrogen) atoms. The summed E-state index contributed by atoms with van der Waals surface area (Å²) in [5, 5.41) is 12.9. The first-order valence-electron chi connectivity index (χ1n) is 19.3. The monoisotopic (exact) mass is 694 g/mol. The first-order valence-corrected chi connectivity index (χ1v) is 19.3. The minimum absolute atomic E-state index is 0.497. The second-order valence-corrected chi connectivity index (χ2v) is 15.1. The van der Waals surface area contributed by atoms with Gasteiger partial charge in [0, 0.05) is 0 Å². The summed E-state index contributed by atoms with van der Waals surface area (Å²) >= 11 is 0. The van der Waals surface area contributed by atoms with Crippen molar-refractivity contribution in [2.45, 2.75) is 5.41 Å². The second kappa shape index (κ2) is 11.5. The number of benzene rings is 11. The highest BCUT2D eigenvalue weighted by molar-refractivity contribution is 6.28. The molecule has 0 radical (unpaired) electrons. The van der Waals surface area contributed by atoms with Gasteiger partial charge in [-0.1, -0.05) is 194 Å². The first-order chi connectivity index (χ1) is 27.3. The number of fused-ring (bicyclic) bond motifs is 6. The zero-order valence-corrected chi connectivity index (χ0v) is 30.1. The van der Waals surface area contributed by atoms with Crippen LogP contribution in [0, 0.1) is 0 Å². The van der Waals surface area contributed by atoms with E-state index in [9.17, 15) is 0 Å². The average Bonchev–Trinajstić information content (AvgIpc) is 3.58. The third-order valence-corrected chi connectivity index (χ3v) is 12.5. The van der Waals surface area contributed by atoms with Crippen molar-refractivity contribution in [2.24, 2.45) is 0 Å². The van der Waals surface area contributed by atoms with E-state index < -0.39 is 5.41 Å². The molecule has 0 saturated carbocycles. The lowest BCUT2D eigenvalue weighted by Crippen LogP contribution is -2.28.